The van der Waals surface area contributed by atoms with E-state index < -0.39 is 0 Å². The molecule has 1 aliphatic heterocycles. The number of benzene rings is 1. The van der Waals surface area contributed by atoms with Crippen LogP contribution in [0.2, 0.25) is 0 Å². The highest BCUT2D eigenvalue weighted by Gasteiger charge is 2.11. The van der Waals surface area contributed by atoms with Crippen LogP contribution in [0.5, 0.6) is 0 Å². The summed E-state index contributed by atoms with van der Waals surface area (Å²) in [7, 11) is 0. The Balaban J connectivity index is 2.42. The Hall–Kier alpha value is -1.84. The summed E-state index contributed by atoms with van der Waals surface area (Å²) in [6.45, 7) is 0.498. The van der Waals surface area contributed by atoms with Gasteiger partial charge in [-0.15, -0.1) is 5.10 Å². The number of nitrogens with zero attached hydrogens (tertiary/aromatic N) is 3. The van der Waals surface area contributed by atoms with Gasteiger partial charge in [0, 0.05) is 0 Å². The number of hydrogen-bond donors (Lipinski definition) is 0. The molecule has 4 heteroatoms. The van der Waals surface area contributed by atoms with Gasteiger partial charge < -0.3 is 4.74 Å². The number of imidazole rings is 1. The van der Waals surface area contributed by atoms with Gasteiger partial charge in [-0.2, -0.15) is 0 Å². The van der Waals surface area contributed by atoms with E-state index in [0.29, 0.717) is 6.61 Å². The second-order valence-corrected chi connectivity index (χ2v) is 2.86. The zero-order valence-corrected chi connectivity index (χ0v) is 6.84. The van der Waals surface area contributed by atoms with E-state index >= 15 is 0 Å². The zero-order chi connectivity index (χ0) is 8.67. The normalized spacial score (nSPS) is 14.2. The van der Waals surface area contributed by atoms with Crippen LogP contribution in [0.1, 0.15) is 5.82 Å². The molecule has 0 atom stereocenters. The van der Waals surface area contributed by atoms with Crippen molar-refractivity contribution in [1.29, 1.82) is 0 Å². The van der Waals surface area contributed by atoms with Crippen molar-refractivity contribution in [2.75, 3.05) is 0 Å². The summed E-state index contributed by atoms with van der Waals surface area (Å²) in [6.07, 6.45) is 1.45. The molecule has 0 aliphatic carbocycles. The molecule has 0 fully saturated rings. The van der Waals surface area contributed by atoms with E-state index in [9.17, 15) is 0 Å². The summed E-state index contributed by atoms with van der Waals surface area (Å²) < 4.78 is 6.85. The first kappa shape index (κ1) is 6.65. The SMILES string of the molecule is C1=Nn2c(nc3ccccc32)CO1. The molecular formula is C9H7N3O. The maximum Gasteiger partial charge on any atom is 0.193 e. The maximum atomic E-state index is 5.05. The molecule has 0 saturated carbocycles. The van der Waals surface area contributed by atoms with Crippen LogP contribution in [-0.2, 0) is 11.3 Å². The molecule has 0 radical (unpaired) electrons. The molecule has 0 unspecified atom stereocenters. The Labute approximate surface area is 74.5 Å². The molecule has 0 N–H and O–H groups in total. The van der Waals surface area contributed by atoms with Crippen molar-refractivity contribution in [3.8, 4) is 0 Å². The summed E-state index contributed by atoms with van der Waals surface area (Å²) in [4.78, 5) is 4.38. The summed E-state index contributed by atoms with van der Waals surface area (Å²) in [6, 6.07) is 7.90. The fourth-order valence-electron chi connectivity index (χ4n) is 1.48. The topological polar surface area (TPSA) is 39.4 Å². The summed E-state index contributed by atoms with van der Waals surface area (Å²) in [5.74, 6) is 0.851. The third-order valence-corrected chi connectivity index (χ3v) is 2.05. The monoisotopic (exact) mass is 173 g/mol. The number of fused-ring (bicyclic) bond motifs is 3. The van der Waals surface area contributed by atoms with Gasteiger partial charge in [0.2, 0.25) is 0 Å². The molecule has 1 aromatic heterocycles. The van der Waals surface area contributed by atoms with E-state index in [0.717, 1.165) is 16.9 Å². The molecule has 2 aromatic rings. The van der Waals surface area contributed by atoms with Crippen molar-refractivity contribution in [2.45, 2.75) is 6.61 Å². The van der Waals surface area contributed by atoms with Crippen LogP contribution in [0.25, 0.3) is 11.0 Å². The second-order valence-electron chi connectivity index (χ2n) is 2.86. The van der Waals surface area contributed by atoms with Gasteiger partial charge in [0.25, 0.3) is 0 Å². The summed E-state index contributed by atoms with van der Waals surface area (Å²) in [5.41, 5.74) is 1.98. The lowest BCUT2D eigenvalue weighted by Crippen LogP contribution is -2.06. The first-order chi connectivity index (χ1) is 6.45. The molecular weight excluding hydrogens is 166 g/mol. The van der Waals surface area contributed by atoms with Gasteiger partial charge in [0.1, 0.15) is 6.61 Å². The predicted molar refractivity (Wildman–Crippen MR) is 48.4 cm³/mol. The maximum absolute atomic E-state index is 5.05. The lowest BCUT2D eigenvalue weighted by atomic mass is 10.3. The predicted octanol–water partition coefficient (Wildman–Crippen LogP) is 1.36. The van der Waals surface area contributed by atoms with Gasteiger partial charge in [0.15, 0.2) is 12.2 Å². The lowest BCUT2D eigenvalue weighted by molar-refractivity contribution is 0.276. The highest BCUT2D eigenvalue weighted by Crippen LogP contribution is 2.17. The van der Waals surface area contributed by atoms with Gasteiger partial charge in [0.05, 0.1) is 11.0 Å². The minimum Gasteiger partial charge on any atom is -0.474 e. The summed E-state index contributed by atoms with van der Waals surface area (Å²) >= 11 is 0. The fraction of sp³-hybridized carbons (Fsp3) is 0.111. The van der Waals surface area contributed by atoms with E-state index in [4.69, 9.17) is 4.74 Å². The van der Waals surface area contributed by atoms with Crippen LogP contribution in [0.4, 0.5) is 0 Å². The molecule has 2 heterocycles. The second kappa shape index (κ2) is 2.32. The third-order valence-electron chi connectivity index (χ3n) is 2.05. The van der Waals surface area contributed by atoms with Crippen molar-refractivity contribution in [3.05, 3.63) is 30.1 Å². The molecule has 64 valence electrons. The Morgan fingerprint density at radius 2 is 2.23 bits per heavy atom. The average Bonchev–Trinajstić information content (AvgIpc) is 2.56. The molecule has 0 bridgehead atoms. The Bertz CT molecular complexity index is 487. The molecule has 1 aliphatic rings. The van der Waals surface area contributed by atoms with Crippen LogP contribution >= 0.6 is 0 Å². The van der Waals surface area contributed by atoms with Crippen molar-refractivity contribution < 1.29 is 4.74 Å². The number of para-hydroxylation sites is 2. The minimum atomic E-state index is 0.498. The molecule has 3 rings (SSSR count). The first-order valence-electron chi connectivity index (χ1n) is 4.06. The molecule has 13 heavy (non-hydrogen) atoms. The van der Waals surface area contributed by atoms with Crippen LogP contribution in [0, 0.1) is 0 Å². The van der Waals surface area contributed by atoms with Gasteiger partial charge >= 0.3 is 0 Å². The first-order valence-corrected chi connectivity index (χ1v) is 4.06. The quantitative estimate of drug-likeness (QED) is 0.603. The number of ether oxygens (including phenoxy) is 1. The highest BCUT2D eigenvalue weighted by atomic mass is 16.5. The zero-order valence-electron chi connectivity index (χ0n) is 6.84. The standard InChI is InChI=1S/C9H7N3O/c1-2-4-8-7(3-1)11-9-5-13-6-10-12(8)9/h1-4,6H,5H2. The van der Waals surface area contributed by atoms with E-state index in [-0.39, 0.29) is 0 Å². The minimum absolute atomic E-state index is 0.498. The van der Waals surface area contributed by atoms with Crippen LogP contribution in [0.15, 0.2) is 29.4 Å². The molecule has 0 saturated heterocycles. The van der Waals surface area contributed by atoms with Crippen LogP contribution < -0.4 is 0 Å². The third kappa shape index (κ3) is 0.853. The van der Waals surface area contributed by atoms with Crippen molar-refractivity contribution in [3.63, 3.8) is 0 Å². The highest BCUT2D eigenvalue weighted by molar-refractivity contribution is 5.76. The molecule has 1 aromatic carbocycles. The van der Waals surface area contributed by atoms with E-state index in [1.165, 1.54) is 6.40 Å². The summed E-state index contributed by atoms with van der Waals surface area (Å²) in [5, 5.41) is 4.09. The van der Waals surface area contributed by atoms with E-state index in [2.05, 4.69) is 10.1 Å². The molecule has 0 spiro atoms. The number of rotatable bonds is 0. The molecule has 4 nitrogen and oxygen atoms in total. The van der Waals surface area contributed by atoms with Crippen molar-refractivity contribution >= 4 is 17.4 Å². The van der Waals surface area contributed by atoms with Crippen molar-refractivity contribution in [1.82, 2.24) is 9.66 Å². The van der Waals surface area contributed by atoms with Gasteiger partial charge in [-0.3, -0.25) is 0 Å². The smallest absolute Gasteiger partial charge is 0.193 e. The fourth-order valence-corrected chi connectivity index (χ4v) is 1.48. The Morgan fingerprint density at radius 1 is 1.31 bits per heavy atom. The Morgan fingerprint density at radius 3 is 3.23 bits per heavy atom. The van der Waals surface area contributed by atoms with Gasteiger partial charge in [-0.1, -0.05) is 12.1 Å². The average molecular weight is 173 g/mol. The van der Waals surface area contributed by atoms with Crippen LogP contribution in [-0.4, -0.2) is 16.1 Å². The van der Waals surface area contributed by atoms with E-state index in [1.54, 1.807) is 4.68 Å². The van der Waals surface area contributed by atoms with Crippen LogP contribution in [0.3, 0.4) is 0 Å². The van der Waals surface area contributed by atoms with Gasteiger partial charge in [-0.05, 0) is 12.1 Å². The lowest BCUT2D eigenvalue weighted by Gasteiger charge is -2.06. The Kier molecular flexibility index (Phi) is 1.19. The van der Waals surface area contributed by atoms with E-state index in [1.807, 2.05) is 24.3 Å². The van der Waals surface area contributed by atoms with Crippen molar-refractivity contribution in [2.24, 2.45) is 5.10 Å². The number of hydrogen-bond acceptors (Lipinski definition) is 3. The van der Waals surface area contributed by atoms with Gasteiger partial charge in [-0.25, -0.2) is 9.66 Å². The number of aromatic nitrogens is 2. The largest absolute Gasteiger partial charge is 0.474 e. The molecule has 0 amide bonds.